The van der Waals surface area contributed by atoms with Crippen LogP contribution in [0.25, 0.3) is 0 Å². The fraction of sp³-hybridized carbons (Fsp3) is 0.875. The Morgan fingerprint density at radius 2 is 1.17 bits per heavy atom. The van der Waals surface area contributed by atoms with Crippen molar-refractivity contribution in [1.29, 1.82) is 0 Å². The van der Waals surface area contributed by atoms with Crippen LogP contribution in [0.4, 0.5) is 0 Å². The van der Waals surface area contributed by atoms with Crippen molar-refractivity contribution in [3.8, 4) is 0 Å². The van der Waals surface area contributed by atoms with Crippen molar-refractivity contribution in [2.45, 2.75) is 123 Å². The van der Waals surface area contributed by atoms with E-state index in [9.17, 15) is 14.4 Å². The van der Waals surface area contributed by atoms with E-state index < -0.39 is 11.9 Å². The molecule has 0 heterocycles. The number of unbranched alkanes of at least 4 members (excludes halogenated alkanes) is 10. The van der Waals surface area contributed by atoms with Gasteiger partial charge < -0.3 is 10.6 Å². The van der Waals surface area contributed by atoms with Crippen LogP contribution in [-0.2, 0) is 14.4 Å². The summed E-state index contributed by atoms with van der Waals surface area (Å²) < 4.78 is 0. The van der Waals surface area contributed by atoms with E-state index in [0.717, 1.165) is 44.9 Å². The summed E-state index contributed by atoms with van der Waals surface area (Å²) in [5, 5.41) is 2.39. The SMILES string of the molecule is CCCCCCCCCCCC(=O)NC(=O)CC(N)C(=O)N(CCCC)CCCC. The number of hydrogen-bond donors (Lipinski definition) is 2. The molecule has 0 spiro atoms. The van der Waals surface area contributed by atoms with Crippen molar-refractivity contribution in [2.24, 2.45) is 5.73 Å². The van der Waals surface area contributed by atoms with Gasteiger partial charge in [0.15, 0.2) is 0 Å². The minimum atomic E-state index is -0.890. The maximum absolute atomic E-state index is 12.6. The van der Waals surface area contributed by atoms with E-state index in [1.165, 1.54) is 38.5 Å². The monoisotopic (exact) mass is 425 g/mol. The van der Waals surface area contributed by atoms with Crippen molar-refractivity contribution in [1.82, 2.24) is 10.2 Å². The van der Waals surface area contributed by atoms with Gasteiger partial charge in [0, 0.05) is 19.5 Å². The Morgan fingerprint density at radius 1 is 0.700 bits per heavy atom. The first-order valence-corrected chi connectivity index (χ1v) is 12.3. The number of nitrogens with zero attached hydrogens (tertiary/aromatic N) is 1. The van der Waals surface area contributed by atoms with Crippen LogP contribution in [0, 0.1) is 0 Å². The molecule has 0 saturated carbocycles. The third-order valence-electron chi connectivity index (χ3n) is 5.38. The zero-order valence-corrected chi connectivity index (χ0v) is 19.8. The summed E-state index contributed by atoms with van der Waals surface area (Å²) in [5.74, 6) is -0.919. The molecule has 0 bridgehead atoms. The van der Waals surface area contributed by atoms with Crippen LogP contribution in [0.1, 0.15) is 117 Å². The molecule has 0 aliphatic heterocycles. The zero-order valence-electron chi connectivity index (χ0n) is 19.8. The lowest BCUT2D eigenvalue weighted by molar-refractivity contribution is -0.137. The molecule has 0 fully saturated rings. The molecule has 1 atom stereocenters. The van der Waals surface area contributed by atoms with E-state index in [-0.39, 0.29) is 18.2 Å². The van der Waals surface area contributed by atoms with Crippen LogP contribution in [0.3, 0.4) is 0 Å². The minimum Gasteiger partial charge on any atom is -0.341 e. The topological polar surface area (TPSA) is 92.5 Å². The molecule has 3 amide bonds. The number of imide groups is 1. The lowest BCUT2D eigenvalue weighted by atomic mass is 10.1. The number of carbonyl (C=O) groups excluding carboxylic acids is 3. The molecule has 176 valence electrons. The Morgan fingerprint density at radius 3 is 1.67 bits per heavy atom. The predicted molar refractivity (Wildman–Crippen MR) is 124 cm³/mol. The Balaban J connectivity index is 4.04. The van der Waals surface area contributed by atoms with E-state index in [2.05, 4.69) is 26.1 Å². The highest BCUT2D eigenvalue weighted by atomic mass is 16.2. The van der Waals surface area contributed by atoms with Crippen molar-refractivity contribution in [2.75, 3.05) is 13.1 Å². The number of rotatable bonds is 19. The van der Waals surface area contributed by atoms with Crippen LogP contribution in [0.15, 0.2) is 0 Å². The number of carbonyl (C=O) groups is 3. The van der Waals surface area contributed by atoms with Crippen LogP contribution < -0.4 is 11.1 Å². The first kappa shape index (κ1) is 28.6. The second-order valence-corrected chi connectivity index (χ2v) is 8.39. The Hall–Kier alpha value is -1.43. The summed E-state index contributed by atoms with van der Waals surface area (Å²) >= 11 is 0. The summed E-state index contributed by atoms with van der Waals surface area (Å²) in [6.45, 7) is 7.71. The molecule has 0 rings (SSSR count). The summed E-state index contributed by atoms with van der Waals surface area (Å²) in [6, 6.07) is -0.890. The molecule has 3 N–H and O–H groups in total. The van der Waals surface area contributed by atoms with Gasteiger partial charge in [0.2, 0.25) is 17.7 Å². The van der Waals surface area contributed by atoms with Gasteiger partial charge in [-0.2, -0.15) is 0 Å². The highest BCUT2D eigenvalue weighted by Gasteiger charge is 2.23. The molecule has 0 radical (unpaired) electrons. The average Bonchev–Trinajstić information content (AvgIpc) is 2.72. The van der Waals surface area contributed by atoms with Crippen molar-refractivity contribution in [3.05, 3.63) is 0 Å². The minimum absolute atomic E-state index is 0.142. The number of hydrogen-bond acceptors (Lipinski definition) is 4. The first-order chi connectivity index (χ1) is 14.5. The van der Waals surface area contributed by atoms with Gasteiger partial charge in [-0.15, -0.1) is 0 Å². The fourth-order valence-electron chi connectivity index (χ4n) is 3.42. The summed E-state index contributed by atoms with van der Waals surface area (Å²) in [4.78, 5) is 38.4. The highest BCUT2D eigenvalue weighted by Crippen LogP contribution is 2.10. The maximum Gasteiger partial charge on any atom is 0.240 e. The van der Waals surface area contributed by atoms with Crippen LogP contribution >= 0.6 is 0 Å². The van der Waals surface area contributed by atoms with Gasteiger partial charge in [0.1, 0.15) is 0 Å². The first-order valence-electron chi connectivity index (χ1n) is 12.3. The molecular formula is C24H47N3O3. The second kappa shape index (κ2) is 19.5. The van der Waals surface area contributed by atoms with Crippen LogP contribution in [0.5, 0.6) is 0 Å². The van der Waals surface area contributed by atoms with Gasteiger partial charge in [-0.1, -0.05) is 85.0 Å². The normalized spacial score (nSPS) is 11.9. The molecule has 6 heteroatoms. The lowest BCUT2D eigenvalue weighted by Gasteiger charge is -2.25. The lowest BCUT2D eigenvalue weighted by Crippen LogP contribution is -2.47. The van der Waals surface area contributed by atoms with Gasteiger partial charge in [-0.05, 0) is 19.3 Å². The third kappa shape index (κ3) is 15.4. The van der Waals surface area contributed by atoms with Crippen LogP contribution in [0.2, 0.25) is 0 Å². The zero-order chi connectivity index (χ0) is 22.6. The Labute approximate surface area is 184 Å². The molecule has 0 saturated heterocycles. The standard InChI is InChI=1S/C24H47N3O3/c1-4-7-10-11-12-13-14-15-16-17-22(28)26-23(29)20-21(25)24(30)27(18-8-5-2)19-9-6-3/h21H,4-20,25H2,1-3H3,(H,26,28,29). The number of nitrogens with one attached hydrogen (secondary N) is 1. The average molecular weight is 426 g/mol. The van der Waals surface area contributed by atoms with Gasteiger partial charge in [-0.25, -0.2) is 0 Å². The molecule has 0 aliphatic carbocycles. The van der Waals surface area contributed by atoms with E-state index in [1.54, 1.807) is 4.90 Å². The maximum atomic E-state index is 12.6. The summed E-state index contributed by atoms with van der Waals surface area (Å²) in [5.41, 5.74) is 5.97. The molecule has 30 heavy (non-hydrogen) atoms. The predicted octanol–water partition coefficient (Wildman–Crippen LogP) is 4.70. The molecular weight excluding hydrogens is 378 g/mol. The fourth-order valence-corrected chi connectivity index (χ4v) is 3.42. The Kier molecular flexibility index (Phi) is 18.6. The molecule has 0 aromatic rings. The number of nitrogens with two attached hydrogens (primary N) is 1. The molecule has 0 aliphatic rings. The van der Waals surface area contributed by atoms with Gasteiger partial charge in [-0.3, -0.25) is 19.7 Å². The van der Waals surface area contributed by atoms with E-state index in [4.69, 9.17) is 5.73 Å². The van der Waals surface area contributed by atoms with E-state index in [0.29, 0.717) is 19.5 Å². The largest absolute Gasteiger partial charge is 0.341 e. The van der Waals surface area contributed by atoms with Gasteiger partial charge >= 0.3 is 0 Å². The molecule has 0 aromatic carbocycles. The molecule has 6 nitrogen and oxygen atoms in total. The number of amides is 3. The van der Waals surface area contributed by atoms with Crippen molar-refractivity contribution in [3.63, 3.8) is 0 Å². The smallest absolute Gasteiger partial charge is 0.240 e. The molecule has 1 unspecified atom stereocenters. The highest BCUT2D eigenvalue weighted by molar-refractivity contribution is 5.97. The second-order valence-electron chi connectivity index (χ2n) is 8.39. The van der Waals surface area contributed by atoms with Gasteiger partial charge in [0.25, 0.3) is 0 Å². The Bertz CT molecular complexity index is 461. The van der Waals surface area contributed by atoms with E-state index in [1.807, 2.05) is 0 Å². The summed E-state index contributed by atoms with van der Waals surface area (Å²) in [6.07, 6.45) is 14.7. The van der Waals surface area contributed by atoms with Crippen LogP contribution in [-0.4, -0.2) is 41.8 Å². The quantitative estimate of drug-likeness (QED) is 0.293. The van der Waals surface area contributed by atoms with E-state index >= 15 is 0 Å². The third-order valence-corrected chi connectivity index (χ3v) is 5.38. The summed E-state index contributed by atoms with van der Waals surface area (Å²) in [7, 11) is 0. The van der Waals surface area contributed by atoms with Crippen molar-refractivity contribution < 1.29 is 14.4 Å². The molecule has 0 aromatic heterocycles. The van der Waals surface area contributed by atoms with Crippen molar-refractivity contribution >= 4 is 17.7 Å². The van der Waals surface area contributed by atoms with Gasteiger partial charge in [0.05, 0.1) is 12.5 Å².